The van der Waals surface area contributed by atoms with E-state index >= 15 is 0 Å². The van der Waals surface area contributed by atoms with Crippen molar-refractivity contribution in [3.63, 3.8) is 0 Å². The fourth-order valence-corrected chi connectivity index (χ4v) is 1.50. The normalized spacial score (nSPS) is 11.6. The van der Waals surface area contributed by atoms with Crippen molar-refractivity contribution >= 4 is 0 Å². The summed E-state index contributed by atoms with van der Waals surface area (Å²) in [6.07, 6.45) is -3.44. The van der Waals surface area contributed by atoms with Crippen LogP contribution in [0.3, 0.4) is 0 Å². The number of hydrogen-bond donors (Lipinski definition) is 1. The Morgan fingerprint density at radius 2 is 2.00 bits per heavy atom. The predicted molar refractivity (Wildman–Crippen MR) is 60.0 cm³/mol. The highest BCUT2D eigenvalue weighted by atomic mass is 19.4. The lowest BCUT2D eigenvalue weighted by Crippen LogP contribution is -2.15. The number of rotatable bonds is 5. The van der Waals surface area contributed by atoms with Gasteiger partial charge in [0.05, 0.1) is 12.7 Å². The highest BCUT2D eigenvalue weighted by molar-refractivity contribution is 5.39. The summed E-state index contributed by atoms with van der Waals surface area (Å²) in [5, 5.41) is 3.06. The summed E-state index contributed by atoms with van der Waals surface area (Å²) >= 11 is 0. The van der Waals surface area contributed by atoms with E-state index in [-0.39, 0.29) is 5.75 Å². The van der Waals surface area contributed by atoms with E-state index in [2.05, 4.69) is 5.32 Å². The molecular formula is C12H16F3NO. The third-order valence-electron chi connectivity index (χ3n) is 2.33. The van der Waals surface area contributed by atoms with Crippen molar-refractivity contribution in [3.8, 4) is 5.75 Å². The van der Waals surface area contributed by atoms with Crippen LogP contribution in [0, 0.1) is 0 Å². The molecule has 1 rings (SSSR count). The van der Waals surface area contributed by atoms with Crippen LogP contribution in [0.1, 0.15) is 24.5 Å². The SMILES string of the molecule is CCCNCc1ccc(OC)c(C(F)(F)F)c1. The highest BCUT2D eigenvalue weighted by Gasteiger charge is 2.34. The summed E-state index contributed by atoms with van der Waals surface area (Å²) < 4.78 is 42.8. The second kappa shape index (κ2) is 5.91. The van der Waals surface area contributed by atoms with E-state index in [1.165, 1.54) is 13.2 Å². The predicted octanol–water partition coefficient (Wildman–Crippen LogP) is 3.21. The second-order valence-corrected chi connectivity index (χ2v) is 3.71. The third-order valence-corrected chi connectivity index (χ3v) is 2.33. The number of ether oxygens (including phenoxy) is 1. The van der Waals surface area contributed by atoms with Crippen LogP contribution in [0.25, 0.3) is 0 Å². The van der Waals surface area contributed by atoms with Gasteiger partial charge in [-0.3, -0.25) is 0 Å². The third kappa shape index (κ3) is 3.93. The first-order valence-corrected chi connectivity index (χ1v) is 5.44. The summed E-state index contributed by atoms with van der Waals surface area (Å²) in [6, 6.07) is 4.12. The standard InChI is InChI=1S/C12H16F3NO/c1-3-6-16-8-9-4-5-11(17-2)10(7-9)12(13,14)15/h4-5,7,16H,3,6,8H2,1-2H3. The van der Waals surface area contributed by atoms with Crippen LogP contribution in [-0.4, -0.2) is 13.7 Å². The number of benzene rings is 1. The van der Waals surface area contributed by atoms with E-state index in [9.17, 15) is 13.2 Å². The molecule has 1 aromatic carbocycles. The lowest BCUT2D eigenvalue weighted by Gasteiger charge is -2.13. The molecule has 0 radical (unpaired) electrons. The Labute approximate surface area is 98.8 Å². The topological polar surface area (TPSA) is 21.3 Å². The Morgan fingerprint density at radius 1 is 1.29 bits per heavy atom. The van der Waals surface area contributed by atoms with E-state index in [1.807, 2.05) is 6.92 Å². The van der Waals surface area contributed by atoms with Gasteiger partial charge in [-0.25, -0.2) is 0 Å². The minimum Gasteiger partial charge on any atom is -0.496 e. The Balaban J connectivity index is 2.89. The van der Waals surface area contributed by atoms with Crippen LogP contribution in [-0.2, 0) is 12.7 Å². The van der Waals surface area contributed by atoms with E-state index in [1.54, 1.807) is 6.07 Å². The summed E-state index contributed by atoms with van der Waals surface area (Å²) in [7, 11) is 1.24. The number of halogens is 3. The number of methoxy groups -OCH3 is 1. The van der Waals surface area contributed by atoms with Crippen molar-refractivity contribution in [2.75, 3.05) is 13.7 Å². The first-order chi connectivity index (χ1) is 7.99. The molecule has 0 spiro atoms. The molecule has 5 heteroatoms. The van der Waals surface area contributed by atoms with Crippen LogP contribution in [0.2, 0.25) is 0 Å². The van der Waals surface area contributed by atoms with Crippen molar-refractivity contribution in [3.05, 3.63) is 29.3 Å². The monoisotopic (exact) mass is 247 g/mol. The van der Waals surface area contributed by atoms with Crippen LogP contribution in [0.15, 0.2) is 18.2 Å². The van der Waals surface area contributed by atoms with Gasteiger partial charge in [0.25, 0.3) is 0 Å². The van der Waals surface area contributed by atoms with Gasteiger partial charge in [0.2, 0.25) is 0 Å². The molecule has 0 heterocycles. The van der Waals surface area contributed by atoms with Gasteiger partial charge in [-0.2, -0.15) is 13.2 Å². The fourth-order valence-electron chi connectivity index (χ4n) is 1.50. The van der Waals surface area contributed by atoms with Gasteiger partial charge in [0.15, 0.2) is 0 Å². The molecule has 0 aliphatic rings. The average molecular weight is 247 g/mol. The van der Waals surface area contributed by atoms with Gasteiger partial charge >= 0.3 is 6.18 Å². The van der Waals surface area contributed by atoms with Crippen LogP contribution >= 0.6 is 0 Å². The van der Waals surface area contributed by atoms with Gasteiger partial charge in [-0.05, 0) is 30.7 Å². The van der Waals surface area contributed by atoms with Crippen molar-refractivity contribution < 1.29 is 17.9 Å². The molecule has 0 aliphatic carbocycles. The largest absolute Gasteiger partial charge is 0.496 e. The Morgan fingerprint density at radius 3 is 2.53 bits per heavy atom. The molecule has 0 saturated carbocycles. The van der Waals surface area contributed by atoms with E-state index in [4.69, 9.17) is 4.74 Å². The summed E-state index contributed by atoms with van der Waals surface area (Å²) in [4.78, 5) is 0. The number of alkyl halides is 3. The zero-order valence-electron chi connectivity index (χ0n) is 9.90. The van der Waals surface area contributed by atoms with Gasteiger partial charge in [-0.1, -0.05) is 13.0 Å². The lowest BCUT2D eigenvalue weighted by atomic mass is 10.1. The molecule has 0 aromatic heterocycles. The maximum Gasteiger partial charge on any atom is 0.419 e. The summed E-state index contributed by atoms with van der Waals surface area (Å²) in [5.41, 5.74) is -0.123. The number of nitrogens with one attached hydrogen (secondary N) is 1. The van der Waals surface area contributed by atoms with Crippen molar-refractivity contribution in [1.82, 2.24) is 5.32 Å². The van der Waals surface area contributed by atoms with Crippen molar-refractivity contribution in [2.45, 2.75) is 26.1 Å². The van der Waals surface area contributed by atoms with Gasteiger partial charge < -0.3 is 10.1 Å². The molecule has 1 N–H and O–H groups in total. The molecule has 17 heavy (non-hydrogen) atoms. The Kier molecular flexibility index (Phi) is 4.81. The zero-order chi connectivity index (χ0) is 12.9. The smallest absolute Gasteiger partial charge is 0.419 e. The van der Waals surface area contributed by atoms with Crippen LogP contribution in [0.5, 0.6) is 5.75 Å². The maximum atomic E-state index is 12.7. The fraction of sp³-hybridized carbons (Fsp3) is 0.500. The highest BCUT2D eigenvalue weighted by Crippen LogP contribution is 2.36. The molecule has 0 fully saturated rings. The molecule has 96 valence electrons. The van der Waals surface area contributed by atoms with E-state index < -0.39 is 11.7 Å². The molecule has 0 saturated heterocycles. The first-order valence-electron chi connectivity index (χ1n) is 5.44. The van der Waals surface area contributed by atoms with Crippen molar-refractivity contribution in [2.24, 2.45) is 0 Å². The van der Waals surface area contributed by atoms with Crippen molar-refractivity contribution in [1.29, 1.82) is 0 Å². The summed E-state index contributed by atoms with van der Waals surface area (Å²) in [5.74, 6) is -0.142. The molecule has 0 aliphatic heterocycles. The van der Waals surface area contributed by atoms with Crippen LogP contribution < -0.4 is 10.1 Å². The molecule has 0 unspecified atom stereocenters. The molecule has 2 nitrogen and oxygen atoms in total. The molecule has 0 amide bonds. The van der Waals surface area contributed by atoms with E-state index in [0.29, 0.717) is 12.1 Å². The zero-order valence-corrected chi connectivity index (χ0v) is 9.90. The molecule has 0 atom stereocenters. The average Bonchev–Trinajstić information content (AvgIpc) is 2.28. The lowest BCUT2D eigenvalue weighted by molar-refractivity contribution is -0.138. The van der Waals surface area contributed by atoms with Gasteiger partial charge in [-0.15, -0.1) is 0 Å². The first kappa shape index (κ1) is 13.8. The molecular weight excluding hydrogens is 231 g/mol. The summed E-state index contributed by atoms with van der Waals surface area (Å²) in [6.45, 7) is 3.22. The van der Waals surface area contributed by atoms with E-state index in [0.717, 1.165) is 19.0 Å². The minimum absolute atomic E-state index is 0.142. The molecule has 1 aromatic rings. The Bertz CT molecular complexity index is 363. The second-order valence-electron chi connectivity index (χ2n) is 3.71. The quantitative estimate of drug-likeness (QED) is 0.807. The van der Waals surface area contributed by atoms with Crippen LogP contribution in [0.4, 0.5) is 13.2 Å². The van der Waals surface area contributed by atoms with Gasteiger partial charge in [0.1, 0.15) is 5.75 Å². The van der Waals surface area contributed by atoms with Gasteiger partial charge in [0, 0.05) is 6.54 Å². The number of hydrogen-bond acceptors (Lipinski definition) is 2. The maximum absolute atomic E-state index is 12.7. The molecule has 0 bridgehead atoms. The Hall–Kier alpha value is -1.23. The minimum atomic E-state index is -4.38.